The molecule has 0 aliphatic rings. The molecule has 0 amide bonds. The van der Waals surface area contributed by atoms with Crippen molar-refractivity contribution in [1.29, 1.82) is 0 Å². The first-order valence-corrected chi connectivity index (χ1v) is 3.66. The van der Waals surface area contributed by atoms with Gasteiger partial charge < -0.3 is 9.84 Å². The van der Waals surface area contributed by atoms with Crippen molar-refractivity contribution < 1.29 is 23.4 Å². The predicted octanol–water partition coefficient (Wildman–Crippen LogP) is 0.857. The Morgan fingerprint density at radius 3 is 2.86 bits per heavy atom. The summed E-state index contributed by atoms with van der Waals surface area (Å²) in [5, 5.41) is 12.3. The summed E-state index contributed by atoms with van der Waals surface area (Å²) in [6.45, 7) is -3.29. The Bertz CT molecular complexity index is 338. The number of aromatic carboxylic acids is 1. The van der Waals surface area contributed by atoms with Crippen LogP contribution in [0.1, 0.15) is 16.2 Å². The first-order valence-electron chi connectivity index (χ1n) is 3.66. The number of aryl methyl sites for hydroxylation is 1. The lowest BCUT2D eigenvalue weighted by Crippen LogP contribution is -2.05. The van der Waals surface area contributed by atoms with Gasteiger partial charge in [-0.05, 0) is 6.07 Å². The van der Waals surface area contributed by atoms with Gasteiger partial charge >= 0.3 is 12.6 Å². The molecule has 1 heterocycles. The highest BCUT2D eigenvalue weighted by molar-refractivity contribution is 5.85. The van der Waals surface area contributed by atoms with E-state index in [9.17, 15) is 13.6 Å². The molecule has 0 aliphatic carbocycles. The first kappa shape index (κ1) is 10.6. The van der Waals surface area contributed by atoms with Crippen molar-refractivity contribution in [3.63, 3.8) is 0 Å². The standard InChI is InChI=1S/C7H8F2N2O3/c1-11-5(6(12)13)2-4(10-11)3-14-7(8)9/h2,7H,3H2,1H3,(H,12,13). The molecule has 0 unspecified atom stereocenters. The van der Waals surface area contributed by atoms with Crippen LogP contribution in [0.4, 0.5) is 8.78 Å². The van der Waals surface area contributed by atoms with Gasteiger partial charge in [0.1, 0.15) is 5.69 Å². The minimum Gasteiger partial charge on any atom is -0.477 e. The number of carboxylic acid groups (broad SMARTS) is 1. The monoisotopic (exact) mass is 206 g/mol. The highest BCUT2D eigenvalue weighted by Gasteiger charge is 2.12. The van der Waals surface area contributed by atoms with E-state index in [2.05, 4.69) is 9.84 Å². The van der Waals surface area contributed by atoms with E-state index in [0.717, 1.165) is 4.68 Å². The molecule has 0 aromatic carbocycles. The summed E-state index contributed by atoms with van der Waals surface area (Å²) in [5.41, 5.74) is 0.0862. The second-order valence-corrected chi connectivity index (χ2v) is 2.52. The van der Waals surface area contributed by atoms with Gasteiger partial charge in [-0.1, -0.05) is 0 Å². The third-order valence-corrected chi connectivity index (χ3v) is 1.51. The van der Waals surface area contributed by atoms with Crippen molar-refractivity contribution in [2.24, 2.45) is 7.05 Å². The lowest BCUT2D eigenvalue weighted by molar-refractivity contribution is -0.138. The fourth-order valence-corrected chi connectivity index (χ4v) is 0.946. The summed E-state index contributed by atoms with van der Waals surface area (Å²) in [7, 11) is 1.41. The SMILES string of the molecule is Cn1nc(COC(F)F)cc1C(=O)O. The maximum absolute atomic E-state index is 11.6. The lowest BCUT2D eigenvalue weighted by atomic mass is 10.3. The Morgan fingerprint density at radius 2 is 2.43 bits per heavy atom. The first-order chi connectivity index (χ1) is 6.50. The molecule has 0 atom stereocenters. The number of carbonyl (C=O) groups is 1. The van der Waals surface area contributed by atoms with Crippen LogP contribution in [-0.2, 0) is 18.4 Å². The number of alkyl halides is 2. The molecular weight excluding hydrogens is 198 g/mol. The van der Waals surface area contributed by atoms with Gasteiger partial charge in [0.25, 0.3) is 0 Å². The molecule has 0 bridgehead atoms. The van der Waals surface area contributed by atoms with Gasteiger partial charge in [-0.3, -0.25) is 4.68 Å². The maximum atomic E-state index is 11.6. The van der Waals surface area contributed by atoms with Crippen molar-refractivity contribution in [3.05, 3.63) is 17.5 Å². The smallest absolute Gasteiger partial charge is 0.354 e. The second kappa shape index (κ2) is 4.14. The molecule has 0 saturated carbocycles. The van der Waals surface area contributed by atoms with Crippen LogP contribution in [0.5, 0.6) is 0 Å². The molecule has 14 heavy (non-hydrogen) atoms. The van der Waals surface area contributed by atoms with E-state index in [1.165, 1.54) is 13.1 Å². The Kier molecular flexibility index (Phi) is 3.13. The van der Waals surface area contributed by atoms with E-state index in [1.807, 2.05) is 0 Å². The van der Waals surface area contributed by atoms with Crippen molar-refractivity contribution in [2.75, 3.05) is 0 Å². The van der Waals surface area contributed by atoms with E-state index in [1.54, 1.807) is 0 Å². The van der Waals surface area contributed by atoms with Crippen LogP contribution in [0.25, 0.3) is 0 Å². The largest absolute Gasteiger partial charge is 0.477 e. The summed E-state index contributed by atoms with van der Waals surface area (Å²) in [4.78, 5) is 10.5. The Morgan fingerprint density at radius 1 is 1.79 bits per heavy atom. The molecular formula is C7H8F2N2O3. The average Bonchev–Trinajstić information content (AvgIpc) is 2.43. The van der Waals surface area contributed by atoms with Crippen molar-refractivity contribution in [3.8, 4) is 0 Å². The molecule has 1 aromatic rings. The predicted molar refractivity (Wildman–Crippen MR) is 41.0 cm³/mol. The van der Waals surface area contributed by atoms with Crippen LogP contribution < -0.4 is 0 Å². The second-order valence-electron chi connectivity index (χ2n) is 2.52. The molecule has 7 heteroatoms. The Balaban J connectivity index is 2.71. The zero-order chi connectivity index (χ0) is 10.7. The number of nitrogens with zero attached hydrogens (tertiary/aromatic N) is 2. The third-order valence-electron chi connectivity index (χ3n) is 1.51. The summed E-state index contributed by atoms with van der Waals surface area (Å²) in [6.07, 6.45) is 0. The minimum atomic E-state index is -2.88. The van der Waals surface area contributed by atoms with Gasteiger partial charge in [-0.2, -0.15) is 13.9 Å². The molecule has 0 saturated heterocycles. The van der Waals surface area contributed by atoms with Crippen LogP contribution in [-0.4, -0.2) is 27.5 Å². The molecule has 0 radical (unpaired) electrons. The number of halogens is 2. The topological polar surface area (TPSA) is 64.4 Å². The average molecular weight is 206 g/mol. The van der Waals surface area contributed by atoms with Crippen LogP contribution in [0.15, 0.2) is 6.07 Å². The van der Waals surface area contributed by atoms with Crippen molar-refractivity contribution in [2.45, 2.75) is 13.2 Å². The molecule has 0 spiro atoms. The molecule has 0 fully saturated rings. The fourth-order valence-electron chi connectivity index (χ4n) is 0.946. The molecule has 1 rings (SSSR count). The van der Waals surface area contributed by atoms with E-state index in [-0.39, 0.29) is 11.4 Å². The summed E-state index contributed by atoms with van der Waals surface area (Å²) >= 11 is 0. The fraction of sp³-hybridized carbons (Fsp3) is 0.429. The van der Waals surface area contributed by atoms with Crippen LogP contribution >= 0.6 is 0 Å². The van der Waals surface area contributed by atoms with E-state index in [4.69, 9.17) is 5.11 Å². The third kappa shape index (κ3) is 2.49. The van der Waals surface area contributed by atoms with E-state index < -0.39 is 19.2 Å². The molecule has 1 aromatic heterocycles. The summed E-state index contributed by atoms with van der Waals surface area (Å²) in [6, 6.07) is 1.19. The van der Waals surface area contributed by atoms with Crippen LogP contribution in [0, 0.1) is 0 Å². The quantitative estimate of drug-likeness (QED) is 0.793. The zero-order valence-corrected chi connectivity index (χ0v) is 7.28. The van der Waals surface area contributed by atoms with Crippen LogP contribution in [0.2, 0.25) is 0 Å². The Labute approximate surface area is 77.9 Å². The van der Waals surface area contributed by atoms with Gasteiger partial charge in [0, 0.05) is 7.05 Å². The van der Waals surface area contributed by atoms with Gasteiger partial charge in [-0.25, -0.2) is 4.79 Å². The van der Waals surface area contributed by atoms with Gasteiger partial charge in [-0.15, -0.1) is 0 Å². The molecule has 0 aliphatic heterocycles. The van der Waals surface area contributed by atoms with Crippen molar-refractivity contribution >= 4 is 5.97 Å². The lowest BCUT2D eigenvalue weighted by Gasteiger charge is -1.97. The molecule has 1 N–H and O–H groups in total. The number of carboxylic acids is 1. The molecule has 78 valence electrons. The minimum absolute atomic E-state index is 0.0714. The maximum Gasteiger partial charge on any atom is 0.354 e. The van der Waals surface area contributed by atoms with Gasteiger partial charge in [0.2, 0.25) is 0 Å². The highest BCUT2D eigenvalue weighted by Crippen LogP contribution is 2.06. The Hall–Kier alpha value is -1.50. The van der Waals surface area contributed by atoms with Crippen LogP contribution in [0.3, 0.4) is 0 Å². The number of hydrogen-bond acceptors (Lipinski definition) is 3. The zero-order valence-electron chi connectivity index (χ0n) is 7.28. The van der Waals surface area contributed by atoms with Crippen molar-refractivity contribution in [1.82, 2.24) is 9.78 Å². The van der Waals surface area contributed by atoms with Gasteiger partial charge in [0.15, 0.2) is 0 Å². The summed E-state index contributed by atoms with van der Waals surface area (Å²) < 4.78 is 28.3. The van der Waals surface area contributed by atoms with Gasteiger partial charge in [0.05, 0.1) is 12.3 Å². The summed E-state index contributed by atoms with van der Waals surface area (Å²) in [5.74, 6) is -1.16. The van der Waals surface area contributed by atoms with E-state index >= 15 is 0 Å². The number of ether oxygens (including phenoxy) is 1. The molecule has 5 nitrogen and oxygen atoms in total. The number of hydrogen-bond donors (Lipinski definition) is 1. The van der Waals surface area contributed by atoms with E-state index in [0.29, 0.717) is 0 Å². The highest BCUT2D eigenvalue weighted by atomic mass is 19.3. The number of aromatic nitrogens is 2. The normalized spacial score (nSPS) is 10.9. The number of rotatable bonds is 4.